The van der Waals surface area contributed by atoms with Crippen LogP contribution < -0.4 is 10.1 Å². The number of imide groups is 1. The van der Waals surface area contributed by atoms with E-state index in [9.17, 15) is 9.59 Å². The first-order valence-electron chi connectivity index (χ1n) is 7.54. The predicted molar refractivity (Wildman–Crippen MR) is 99.3 cm³/mol. The van der Waals surface area contributed by atoms with E-state index in [1.54, 1.807) is 18.2 Å². The third kappa shape index (κ3) is 3.15. The van der Waals surface area contributed by atoms with Crippen LogP contribution in [-0.4, -0.2) is 11.1 Å². The van der Waals surface area contributed by atoms with E-state index in [1.165, 1.54) is 0 Å². The highest BCUT2D eigenvalue weighted by Crippen LogP contribution is 2.42. The maximum atomic E-state index is 11.9. The average molecular weight is 392 g/mol. The van der Waals surface area contributed by atoms with E-state index in [4.69, 9.17) is 27.9 Å². The Labute approximate surface area is 158 Å². The zero-order valence-electron chi connectivity index (χ0n) is 12.8. The number of hydrogen-bond acceptors (Lipinski definition) is 4. The van der Waals surface area contributed by atoms with E-state index in [1.807, 2.05) is 18.2 Å². The number of benzene rings is 2. The van der Waals surface area contributed by atoms with Crippen molar-refractivity contribution in [3.63, 3.8) is 0 Å². The minimum Gasteiger partial charge on any atom is -0.456 e. The van der Waals surface area contributed by atoms with Crippen LogP contribution >= 0.6 is 35.0 Å². The Balaban J connectivity index is 1.65. The van der Waals surface area contributed by atoms with Gasteiger partial charge in [-0.3, -0.25) is 14.9 Å². The Kier molecular flexibility index (Phi) is 4.23. The summed E-state index contributed by atoms with van der Waals surface area (Å²) in [6.07, 6.45) is 1.52. The normalized spacial score (nSPS) is 19.1. The van der Waals surface area contributed by atoms with Gasteiger partial charge < -0.3 is 4.74 Å². The number of hydrogen-bond donors (Lipinski definition) is 1. The van der Waals surface area contributed by atoms with Crippen LogP contribution in [0.5, 0.6) is 11.5 Å². The average Bonchev–Trinajstić information content (AvgIpc) is 3.12. The monoisotopic (exact) mass is 391 g/mol. The molecule has 0 unspecified atom stereocenters. The Hall–Kier alpha value is -1.95. The molecule has 2 amide bonds. The fourth-order valence-corrected chi connectivity index (χ4v) is 4.22. The second-order valence-corrected chi connectivity index (χ2v) is 7.47. The molecule has 25 heavy (non-hydrogen) atoms. The molecule has 0 bridgehead atoms. The van der Waals surface area contributed by atoms with Gasteiger partial charge >= 0.3 is 0 Å². The fourth-order valence-electron chi connectivity index (χ4n) is 2.96. The van der Waals surface area contributed by atoms with Gasteiger partial charge in [-0.05, 0) is 71.6 Å². The maximum absolute atomic E-state index is 11.9. The highest BCUT2D eigenvalue weighted by molar-refractivity contribution is 8.18. The van der Waals surface area contributed by atoms with Crippen LogP contribution in [0.3, 0.4) is 0 Å². The first kappa shape index (κ1) is 16.5. The number of nitrogens with one attached hydrogen (secondary N) is 1. The molecule has 1 saturated heterocycles. The maximum Gasteiger partial charge on any atom is 0.290 e. The van der Waals surface area contributed by atoms with Gasteiger partial charge in [0.2, 0.25) is 0 Å². The molecule has 0 aromatic heterocycles. The molecule has 0 radical (unpaired) electrons. The molecule has 1 heterocycles. The number of thioether (sulfide) groups is 1. The van der Waals surface area contributed by atoms with Crippen LogP contribution in [0, 0.1) is 0 Å². The second kappa shape index (κ2) is 6.41. The SMILES string of the molecule is O=C1NC(=O)/C(=C2\CCc3cc(Oc4ccc(Cl)cc4Cl)ccc32)S1. The Bertz CT molecular complexity index is 955. The molecule has 1 aliphatic heterocycles. The van der Waals surface area contributed by atoms with Crippen molar-refractivity contribution in [2.24, 2.45) is 0 Å². The van der Waals surface area contributed by atoms with Gasteiger partial charge in [-0.25, -0.2) is 0 Å². The molecule has 2 aromatic rings. The number of allylic oxidation sites excluding steroid dienone is 1. The van der Waals surface area contributed by atoms with E-state index in [-0.39, 0.29) is 11.1 Å². The Morgan fingerprint density at radius 3 is 2.60 bits per heavy atom. The van der Waals surface area contributed by atoms with Crippen LogP contribution in [0.25, 0.3) is 5.57 Å². The van der Waals surface area contributed by atoms with Crippen LogP contribution in [0.4, 0.5) is 4.79 Å². The smallest absolute Gasteiger partial charge is 0.290 e. The van der Waals surface area contributed by atoms with Crippen molar-refractivity contribution < 1.29 is 14.3 Å². The highest BCUT2D eigenvalue weighted by Gasteiger charge is 2.31. The molecular weight excluding hydrogens is 381 g/mol. The lowest BCUT2D eigenvalue weighted by molar-refractivity contribution is -0.115. The topological polar surface area (TPSA) is 55.4 Å². The molecule has 4 rings (SSSR count). The van der Waals surface area contributed by atoms with Gasteiger partial charge in [0, 0.05) is 5.02 Å². The summed E-state index contributed by atoms with van der Waals surface area (Å²) in [4.78, 5) is 23.8. The first-order valence-corrected chi connectivity index (χ1v) is 9.11. The van der Waals surface area contributed by atoms with Crippen molar-refractivity contribution in [3.05, 3.63) is 62.5 Å². The summed E-state index contributed by atoms with van der Waals surface area (Å²) in [6, 6.07) is 10.7. The largest absolute Gasteiger partial charge is 0.456 e. The summed E-state index contributed by atoms with van der Waals surface area (Å²) < 4.78 is 5.84. The van der Waals surface area contributed by atoms with Crippen LogP contribution in [-0.2, 0) is 11.2 Å². The van der Waals surface area contributed by atoms with E-state index in [0.717, 1.165) is 41.3 Å². The summed E-state index contributed by atoms with van der Waals surface area (Å²) >= 11 is 13.0. The van der Waals surface area contributed by atoms with Crippen LogP contribution in [0.2, 0.25) is 10.0 Å². The molecule has 0 atom stereocenters. The number of amides is 2. The molecule has 4 nitrogen and oxygen atoms in total. The Morgan fingerprint density at radius 2 is 1.88 bits per heavy atom. The van der Waals surface area contributed by atoms with E-state index >= 15 is 0 Å². The third-order valence-corrected chi connectivity index (χ3v) is 5.51. The zero-order valence-corrected chi connectivity index (χ0v) is 15.1. The summed E-state index contributed by atoms with van der Waals surface area (Å²) in [7, 11) is 0. The molecule has 1 N–H and O–H groups in total. The predicted octanol–water partition coefficient (Wildman–Crippen LogP) is 5.43. The summed E-state index contributed by atoms with van der Waals surface area (Å²) in [5, 5.41) is 2.97. The number of halogens is 2. The van der Waals surface area contributed by atoms with Gasteiger partial charge in [0.1, 0.15) is 11.5 Å². The molecule has 0 spiro atoms. The van der Waals surface area contributed by atoms with Crippen molar-refractivity contribution in [1.29, 1.82) is 0 Å². The van der Waals surface area contributed by atoms with Gasteiger partial charge in [-0.15, -0.1) is 0 Å². The molecule has 1 fully saturated rings. The molecular formula is C18H11Cl2NO3S. The van der Waals surface area contributed by atoms with E-state index < -0.39 is 0 Å². The van der Waals surface area contributed by atoms with E-state index in [0.29, 0.717) is 26.4 Å². The molecule has 7 heteroatoms. The lowest BCUT2D eigenvalue weighted by Gasteiger charge is -2.10. The summed E-state index contributed by atoms with van der Waals surface area (Å²) in [5.74, 6) is 0.874. The number of fused-ring (bicyclic) bond motifs is 1. The third-order valence-electron chi connectivity index (χ3n) is 4.06. The standard InChI is InChI=1S/C18H11Cl2NO3S/c19-10-2-6-15(14(20)8-10)24-11-3-5-12-9(7-11)1-4-13(12)16-17(22)21-18(23)25-16/h2-3,5-8H,1,4H2,(H,21,22,23)/b16-13-. The molecule has 2 aliphatic rings. The van der Waals surface area contributed by atoms with Gasteiger partial charge in [0.25, 0.3) is 11.1 Å². The summed E-state index contributed by atoms with van der Waals surface area (Å²) in [5.41, 5.74) is 2.99. The van der Waals surface area contributed by atoms with Crippen molar-refractivity contribution in [1.82, 2.24) is 5.32 Å². The van der Waals surface area contributed by atoms with Crippen molar-refractivity contribution in [2.45, 2.75) is 12.8 Å². The minimum absolute atomic E-state index is 0.314. The van der Waals surface area contributed by atoms with Gasteiger partial charge in [-0.2, -0.15) is 0 Å². The fraction of sp³-hybridized carbons (Fsp3) is 0.111. The van der Waals surface area contributed by atoms with Crippen LogP contribution in [0.1, 0.15) is 17.5 Å². The number of rotatable bonds is 2. The molecule has 2 aromatic carbocycles. The van der Waals surface area contributed by atoms with Gasteiger partial charge in [0.15, 0.2) is 0 Å². The zero-order chi connectivity index (χ0) is 17.6. The lowest BCUT2D eigenvalue weighted by atomic mass is 10.1. The van der Waals surface area contributed by atoms with Crippen molar-refractivity contribution in [3.8, 4) is 11.5 Å². The van der Waals surface area contributed by atoms with Gasteiger partial charge in [-0.1, -0.05) is 29.3 Å². The number of ether oxygens (including phenoxy) is 1. The number of carbonyl (C=O) groups excluding carboxylic acids is 2. The summed E-state index contributed by atoms with van der Waals surface area (Å²) in [6.45, 7) is 0. The molecule has 0 saturated carbocycles. The quantitative estimate of drug-likeness (QED) is 0.693. The van der Waals surface area contributed by atoms with Crippen molar-refractivity contribution in [2.75, 3.05) is 0 Å². The van der Waals surface area contributed by atoms with Crippen molar-refractivity contribution >= 4 is 51.7 Å². The lowest BCUT2D eigenvalue weighted by Crippen LogP contribution is -2.18. The molecule has 126 valence electrons. The first-order chi connectivity index (χ1) is 12.0. The minimum atomic E-state index is -0.321. The van der Waals surface area contributed by atoms with E-state index in [2.05, 4.69) is 5.32 Å². The number of aryl methyl sites for hydroxylation is 1. The second-order valence-electron chi connectivity index (χ2n) is 5.65. The highest BCUT2D eigenvalue weighted by atomic mass is 35.5. The Morgan fingerprint density at radius 1 is 1.04 bits per heavy atom. The number of carbonyl (C=O) groups is 2. The molecule has 1 aliphatic carbocycles. The van der Waals surface area contributed by atoms with Gasteiger partial charge in [0.05, 0.1) is 9.93 Å². The van der Waals surface area contributed by atoms with Crippen LogP contribution in [0.15, 0.2) is 41.3 Å².